The number of benzene rings is 1. The van der Waals surface area contributed by atoms with Crippen LogP contribution in [0.1, 0.15) is 5.56 Å². The van der Waals surface area contributed by atoms with Crippen LogP contribution in [0.25, 0.3) is 5.76 Å². The minimum absolute atomic E-state index is 0.0786. The maximum atomic E-state index is 11.2. The van der Waals surface area contributed by atoms with Crippen LogP contribution in [0.15, 0.2) is 18.2 Å². The molecule has 0 fully saturated rings. The predicted octanol–water partition coefficient (Wildman–Crippen LogP) is 2.34. The molecule has 0 atom stereocenters. The van der Waals surface area contributed by atoms with E-state index >= 15 is 0 Å². The van der Waals surface area contributed by atoms with Gasteiger partial charge in [-0.1, -0.05) is 23.2 Å². The van der Waals surface area contributed by atoms with Gasteiger partial charge in [-0.05, 0) is 6.07 Å². The van der Waals surface area contributed by atoms with Crippen molar-refractivity contribution in [1.29, 1.82) is 0 Å². The number of phenolic OH excluding ortho intramolecular Hbond substituents is 1. The van der Waals surface area contributed by atoms with Crippen molar-refractivity contribution in [2.75, 3.05) is 7.11 Å². The first-order valence-corrected chi connectivity index (χ1v) is 5.33. The molecule has 0 heterocycles. The van der Waals surface area contributed by atoms with Crippen molar-refractivity contribution in [3.05, 3.63) is 33.8 Å². The number of rotatable bonds is 3. The molecule has 0 saturated carbocycles. The Bertz CT molecular complexity index is 536. The largest absolute Gasteiger partial charge is 0.507 e. The Morgan fingerprint density at radius 2 is 1.83 bits per heavy atom. The number of hydrogen-bond acceptors (Lipinski definition) is 5. The second kappa shape index (κ2) is 5.75. The standard InChI is InChI=1S/C11H8Cl2O5/c1-18-11(17)10(16)4-9(15)5-2-6(12)7(13)3-8(5)14/h2-4,14-15H,1H3/b9-4-. The molecule has 1 rings (SSSR count). The summed E-state index contributed by atoms with van der Waals surface area (Å²) in [5.41, 5.74) is -0.123. The van der Waals surface area contributed by atoms with Gasteiger partial charge in [0.05, 0.1) is 22.7 Å². The lowest BCUT2D eigenvalue weighted by molar-refractivity contribution is -0.149. The van der Waals surface area contributed by atoms with E-state index in [1.807, 2.05) is 0 Å². The van der Waals surface area contributed by atoms with E-state index < -0.39 is 17.5 Å². The van der Waals surface area contributed by atoms with Crippen LogP contribution in [0.4, 0.5) is 0 Å². The number of aliphatic hydroxyl groups excluding tert-OH is 1. The molecule has 0 radical (unpaired) electrons. The normalized spacial score (nSPS) is 11.2. The number of methoxy groups -OCH3 is 1. The summed E-state index contributed by atoms with van der Waals surface area (Å²) < 4.78 is 4.17. The van der Waals surface area contributed by atoms with Crippen LogP contribution in [0, 0.1) is 0 Å². The van der Waals surface area contributed by atoms with E-state index in [-0.39, 0.29) is 21.4 Å². The molecular formula is C11H8Cl2O5. The number of ketones is 1. The molecule has 2 N–H and O–H groups in total. The van der Waals surface area contributed by atoms with Gasteiger partial charge in [0.2, 0.25) is 0 Å². The molecule has 0 unspecified atom stereocenters. The lowest BCUT2D eigenvalue weighted by Crippen LogP contribution is -2.13. The van der Waals surface area contributed by atoms with Gasteiger partial charge in [0.25, 0.3) is 5.78 Å². The summed E-state index contributed by atoms with van der Waals surface area (Å²) in [7, 11) is 1.03. The van der Waals surface area contributed by atoms with Crippen LogP contribution < -0.4 is 0 Å². The highest BCUT2D eigenvalue weighted by Crippen LogP contribution is 2.32. The second-order valence-electron chi connectivity index (χ2n) is 3.17. The van der Waals surface area contributed by atoms with Crippen molar-refractivity contribution in [2.45, 2.75) is 0 Å². The monoisotopic (exact) mass is 290 g/mol. The van der Waals surface area contributed by atoms with Gasteiger partial charge in [0, 0.05) is 12.1 Å². The summed E-state index contributed by atoms with van der Waals surface area (Å²) in [4.78, 5) is 22.0. The molecule has 0 aliphatic heterocycles. The van der Waals surface area contributed by atoms with E-state index in [1.165, 1.54) is 0 Å². The number of halogens is 2. The topological polar surface area (TPSA) is 83.8 Å². The highest BCUT2D eigenvalue weighted by atomic mass is 35.5. The fraction of sp³-hybridized carbons (Fsp3) is 0.0909. The van der Waals surface area contributed by atoms with E-state index in [2.05, 4.69) is 4.74 Å². The summed E-state index contributed by atoms with van der Waals surface area (Å²) in [5.74, 6) is -3.21. The molecule has 7 heteroatoms. The molecule has 18 heavy (non-hydrogen) atoms. The van der Waals surface area contributed by atoms with Crippen molar-refractivity contribution in [3.63, 3.8) is 0 Å². The molecule has 0 saturated heterocycles. The highest BCUT2D eigenvalue weighted by Gasteiger charge is 2.15. The smallest absolute Gasteiger partial charge is 0.378 e. The number of aromatic hydroxyl groups is 1. The Morgan fingerprint density at radius 3 is 2.39 bits per heavy atom. The van der Waals surface area contributed by atoms with Gasteiger partial charge in [-0.2, -0.15) is 0 Å². The minimum Gasteiger partial charge on any atom is -0.507 e. The van der Waals surface area contributed by atoms with Crippen molar-refractivity contribution < 1.29 is 24.5 Å². The molecule has 0 amide bonds. The quantitative estimate of drug-likeness (QED) is 0.386. The molecule has 0 aliphatic carbocycles. The van der Waals surface area contributed by atoms with E-state index in [0.717, 1.165) is 19.2 Å². The predicted molar refractivity (Wildman–Crippen MR) is 65.8 cm³/mol. The first kappa shape index (κ1) is 14.3. The third-order valence-corrected chi connectivity index (χ3v) is 2.69. The van der Waals surface area contributed by atoms with E-state index in [0.29, 0.717) is 6.08 Å². The maximum absolute atomic E-state index is 11.2. The molecule has 0 aromatic heterocycles. The van der Waals surface area contributed by atoms with Gasteiger partial charge in [-0.3, -0.25) is 4.79 Å². The van der Waals surface area contributed by atoms with Gasteiger partial charge >= 0.3 is 5.97 Å². The van der Waals surface area contributed by atoms with Gasteiger partial charge < -0.3 is 14.9 Å². The average molecular weight is 291 g/mol. The van der Waals surface area contributed by atoms with Crippen LogP contribution in [0.3, 0.4) is 0 Å². The van der Waals surface area contributed by atoms with Crippen LogP contribution >= 0.6 is 23.2 Å². The summed E-state index contributed by atoms with van der Waals surface area (Å²) in [6.45, 7) is 0. The fourth-order valence-corrected chi connectivity index (χ4v) is 1.42. The third-order valence-electron chi connectivity index (χ3n) is 1.97. The average Bonchev–Trinajstić information content (AvgIpc) is 2.32. The number of carbonyl (C=O) groups excluding carboxylic acids is 2. The van der Waals surface area contributed by atoms with Crippen molar-refractivity contribution in [2.24, 2.45) is 0 Å². The van der Waals surface area contributed by atoms with Gasteiger partial charge in [-0.25, -0.2) is 4.79 Å². The number of carbonyl (C=O) groups is 2. The van der Waals surface area contributed by atoms with Crippen LogP contribution in [-0.4, -0.2) is 29.1 Å². The number of phenols is 1. The first-order chi connectivity index (χ1) is 8.36. The zero-order chi connectivity index (χ0) is 13.9. The SMILES string of the molecule is COC(=O)C(=O)/C=C(\O)c1cc(Cl)c(Cl)cc1O. The fourth-order valence-electron chi connectivity index (χ4n) is 1.10. The minimum atomic E-state index is -1.14. The zero-order valence-corrected chi connectivity index (χ0v) is 10.6. The van der Waals surface area contributed by atoms with E-state index in [9.17, 15) is 19.8 Å². The molecular weight excluding hydrogens is 283 g/mol. The highest BCUT2D eigenvalue weighted by molar-refractivity contribution is 6.42. The Hall–Kier alpha value is -1.72. The Labute approximate surface area is 112 Å². The first-order valence-electron chi connectivity index (χ1n) is 4.58. The van der Waals surface area contributed by atoms with Crippen molar-refractivity contribution >= 4 is 40.7 Å². The van der Waals surface area contributed by atoms with Crippen LogP contribution in [0.5, 0.6) is 5.75 Å². The van der Waals surface area contributed by atoms with Crippen molar-refractivity contribution in [1.82, 2.24) is 0 Å². The Morgan fingerprint density at radius 1 is 1.28 bits per heavy atom. The molecule has 1 aromatic carbocycles. The summed E-state index contributed by atoms with van der Waals surface area (Å²) in [6.07, 6.45) is 0.616. The summed E-state index contributed by atoms with van der Waals surface area (Å²) in [5, 5.41) is 19.3. The van der Waals surface area contributed by atoms with E-state index in [4.69, 9.17) is 23.2 Å². The Balaban J connectivity index is 3.15. The van der Waals surface area contributed by atoms with Gasteiger partial charge in [-0.15, -0.1) is 0 Å². The van der Waals surface area contributed by atoms with Gasteiger partial charge in [0.15, 0.2) is 0 Å². The van der Waals surface area contributed by atoms with Crippen LogP contribution in [-0.2, 0) is 14.3 Å². The zero-order valence-electron chi connectivity index (χ0n) is 9.11. The van der Waals surface area contributed by atoms with E-state index in [1.54, 1.807) is 0 Å². The Kier molecular flexibility index (Phi) is 4.58. The molecule has 0 spiro atoms. The lowest BCUT2D eigenvalue weighted by atomic mass is 10.1. The van der Waals surface area contributed by atoms with Crippen molar-refractivity contribution in [3.8, 4) is 5.75 Å². The summed E-state index contributed by atoms with van der Waals surface area (Å²) >= 11 is 11.3. The number of aliphatic hydroxyl groups is 1. The molecule has 1 aromatic rings. The molecule has 5 nitrogen and oxygen atoms in total. The lowest BCUT2D eigenvalue weighted by Gasteiger charge is -2.05. The third kappa shape index (κ3) is 3.15. The molecule has 96 valence electrons. The van der Waals surface area contributed by atoms with Gasteiger partial charge in [0.1, 0.15) is 11.5 Å². The summed E-state index contributed by atoms with van der Waals surface area (Å²) in [6, 6.07) is 2.27. The molecule has 0 bridgehead atoms. The molecule has 0 aliphatic rings. The maximum Gasteiger partial charge on any atom is 0.378 e. The number of hydrogen-bond donors (Lipinski definition) is 2. The van der Waals surface area contributed by atoms with Crippen LogP contribution in [0.2, 0.25) is 10.0 Å². The second-order valence-corrected chi connectivity index (χ2v) is 3.98. The number of ether oxygens (including phenoxy) is 1. The number of esters is 1.